The van der Waals surface area contributed by atoms with Gasteiger partial charge >= 0.3 is 0 Å². The van der Waals surface area contributed by atoms with Crippen LogP contribution in [-0.4, -0.2) is 53.0 Å². The molecule has 30 heavy (non-hydrogen) atoms. The molecule has 1 heterocycles. The Balaban J connectivity index is 1.77. The fourth-order valence-corrected chi connectivity index (χ4v) is 5.02. The topological polar surface area (TPSA) is 94.2 Å². The molecule has 1 atom stereocenters. The van der Waals surface area contributed by atoms with Gasteiger partial charge in [-0.25, -0.2) is 8.42 Å². The summed E-state index contributed by atoms with van der Waals surface area (Å²) in [7, 11) is 0.692. The van der Waals surface area contributed by atoms with Crippen LogP contribution in [0.5, 0.6) is 17.2 Å². The molecular formula is C21H26N2O6S. The number of hydrogen-bond donors (Lipinski definition) is 1. The van der Waals surface area contributed by atoms with Crippen molar-refractivity contribution >= 4 is 21.6 Å². The third-order valence-corrected chi connectivity index (χ3v) is 6.97. The molecule has 0 unspecified atom stereocenters. The van der Waals surface area contributed by atoms with Crippen molar-refractivity contribution in [3.63, 3.8) is 0 Å². The number of nitrogens with zero attached hydrogens (tertiary/aromatic N) is 1. The summed E-state index contributed by atoms with van der Waals surface area (Å²) in [6.07, 6.45) is 1.20. The Kier molecular flexibility index (Phi) is 6.84. The van der Waals surface area contributed by atoms with Crippen LogP contribution in [0.25, 0.3) is 0 Å². The Hall–Kier alpha value is -2.78. The number of methoxy groups -OCH3 is 3. The monoisotopic (exact) mass is 434 g/mol. The number of carbonyl (C=O) groups excluding carboxylic acids is 1. The molecule has 0 aromatic heterocycles. The molecule has 3 rings (SSSR count). The van der Waals surface area contributed by atoms with Gasteiger partial charge in [-0.3, -0.25) is 4.79 Å². The van der Waals surface area contributed by atoms with Gasteiger partial charge in [0.1, 0.15) is 5.75 Å². The molecule has 1 saturated heterocycles. The van der Waals surface area contributed by atoms with Crippen molar-refractivity contribution in [2.24, 2.45) is 5.92 Å². The lowest BCUT2D eigenvalue weighted by Crippen LogP contribution is -2.43. The molecule has 2 aromatic rings. The molecule has 1 aliphatic heterocycles. The first-order chi connectivity index (χ1) is 14.4. The molecule has 1 N–H and O–H groups in total. The van der Waals surface area contributed by atoms with E-state index in [2.05, 4.69) is 5.32 Å². The molecule has 8 nitrogen and oxygen atoms in total. The molecular weight excluding hydrogens is 408 g/mol. The van der Waals surface area contributed by atoms with Crippen LogP contribution >= 0.6 is 0 Å². The molecule has 0 aliphatic carbocycles. The van der Waals surface area contributed by atoms with Crippen LogP contribution in [0, 0.1) is 5.92 Å². The van der Waals surface area contributed by atoms with E-state index in [0.717, 1.165) is 0 Å². The number of benzene rings is 2. The Morgan fingerprint density at radius 3 is 2.40 bits per heavy atom. The van der Waals surface area contributed by atoms with E-state index in [1.54, 1.807) is 24.3 Å². The van der Waals surface area contributed by atoms with E-state index in [4.69, 9.17) is 14.2 Å². The Bertz CT molecular complexity index is 1010. The number of amides is 1. The van der Waals surface area contributed by atoms with Crippen LogP contribution in [-0.2, 0) is 14.8 Å². The Labute approximate surface area is 176 Å². The van der Waals surface area contributed by atoms with E-state index in [9.17, 15) is 13.2 Å². The van der Waals surface area contributed by atoms with Gasteiger partial charge in [-0.05, 0) is 37.1 Å². The summed E-state index contributed by atoms with van der Waals surface area (Å²) in [6, 6.07) is 11.6. The van der Waals surface area contributed by atoms with Crippen LogP contribution in [0.15, 0.2) is 47.4 Å². The number of nitrogens with one attached hydrogen (secondary N) is 1. The van der Waals surface area contributed by atoms with Crippen molar-refractivity contribution in [3.05, 3.63) is 42.5 Å². The molecule has 2 aromatic carbocycles. The smallest absolute Gasteiger partial charge is 0.243 e. The van der Waals surface area contributed by atoms with Crippen molar-refractivity contribution in [2.45, 2.75) is 17.7 Å². The van der Waals surface area contributed by atoms with E-state index in [0.29, 0.717) is 42.3 Å². The number of para-hydroxylation sites is 2. The third-order valence-electron chi connectivity index (χ3n) is 5.11. The predicted octanol–water partition coefficient (Wildman–Crippen LogP) is 2.75. The second-order valence-corrected chi connectivity index (χ2v) is 8.85. The predicted molar refractivity (Wildman–Crippen MR) is 113 cm³/mol. The van der Waals surface area contributed by atoms with E-state index >= 15 is 0 Å². The molecule has 0 saturated carbocycles. The maximum absolute atomic E-state index is 13.2. The van der Waals surface area contributed by atoms with Crippen molar-refractivity contribution in [3.8, 4) is 17.2 Å². The zero-order valence-electron chi connectivity index (χ0n) is 17.3. The maximum Gasteiger partial charge on any atom is 0.243 e. The number of rotatable bonds is 7. The second kappa shape index (κ2) is 9.36. The van der Waals surface area contributed by atoms with E-state index in [1.807, 2.05) is 6.07 Å². The first kappa shape index (κ1) is 21.9. The van der Waals surface area contributed by atoms with E-state index in [1.165, 1.54) is 37.8 Å². The summed E-state index contributed by atoms with van der Waals surface area (Å²) < 4.78 is 43.3. The summed E-state index contributed by atoms with van der Waals surface area (Å²) >= 11 is 0. The molecule has 1 fully saturated rings. The highest BCUT2D eigenvalue weighted by atomic mass is 32.2. The van der Waals surface area contributed by atoms with Gasteiger partial charge in [-0.2, -0.15) is 4.31 Å². The van der Waals surface area contributed by atoms with Gasteiger partial charge in [-0.1, -0.05) is 12.1 Å². The van der Waals surface area contributed by atoms with Crippen LogP contribution in [0.3, 0.4) is 0 Å². The summed E-state index contributed by atoms with van der Waals surface area (Å²) in [4.78, 5) is 12.9. The van der Waals surface area contributed by atoms with Gasteiger partial charge in [0.05, 0.1) is 37.8 Å². The highest BCUT2D eigenvalue weighted by molar-refractivity contribution is 7.89. The standard InChI is InChI=1S/C21H26N2O6S/c1-27-18-9-5-4-8-17(18)22-21(24)15-7-6-12-23(14-15)30(25,26)16-10-11-19(28-2)20(13-16)29-3/h4-5,8-11,13,15H,6-7,12,14H2,1-3H3,(H,22,24)/t15-/m1/s1. The normalized spacial score (nSPS) is 17.2. The number of sulfonamides is 1. The van der Waals surface area contributed by atoms with Crippen LogP contribution in [0.1, 0.15) is 12.8 Å². The summed E-state index contributed by atoms with van der Waals surface area (Å²) in [5.74, 6) is 0.645. The number of piperidine rings is 1. The largest absolute Gasteiger partial charge is 0.495 e. The molecule has 0 bridgehead atoms. The average Bonchev–Trinajstić information content (AvgIpc) is 2.78. The molecule has 162 valence electrons. The Morgan fingerprint density at radius 1 is 1.00 bits per heavy atom. The van der Waals surface area contributed by atoms with Gasteiger partial charge in [0.15, 0.2) is 11.5 Å². The Morgan fingerprint density at radius 2 is 1.70 bits per heavy atom. The molecule has 1 aliphatic rings. The van der Waals surface area contributed by atoms with Crippen molar-refractivity contribution < 1.29 is 27.4 Å². The minimum Gasteiger partial charge on any atom is -0.495 e. The molecule has 0 spiro atoms. The quantitative estimate of drug-likeness (QED) is 0.720. The number of ether oxygens (including phenoxy) is 3. The van der Waals surface area contributed by atoms with Crippen LogP contribution < -0.4 is 19.5 Å². The average molecular weight is 435 g/mol. The van der Waals surface area contributed by atoms with Crippen molar-refractivity contribution in [1.29, 1.82) is 0 Å². The summed E-state index contributed by atoms with van der Waals surface area (Å²) in [5, 5.41) is 2.85. The first-order valence-electron chi connectivity index (χ1n) is 9.56. The third kappa shape index (κ3) is 4.52. The van der Waals surface area contributed by atoms with Gasteiger partial charge in [0, 0.05) is 19.2 Å². The molecule has 1 amide bonds. The highest BCUT2D eigenvalue weighted by Gasteiger charge is 2.34. The van der Waals surface area contributed by atoms with Gasteiger partial charge in [-0.15, -0.1) is 0 Å². The minimum atomic E-state index is -3.78. The lowest BCUT2D eigenvalue weighted by atomic mass is 9.98. The number of anilines is 1. The molecule has 0 radical (unpaired) electrons. The van der Waals surface area contributed by atoms with Crippen LogP contribution in [0.4, 0.5) is 5.69 Å². The lowest BCUT2D eigenvalue weighted by Gasteiger charge is -2.31. The number of carbonyl (C=O) groups is 1. The van der Waals surface area contributed by atoms with Crippen molar-refractivity contribution in [2.75, 3.05) is 39.7 Å². The zero-order chi connectivity index (χ0) is 21.7. The van der Waals surface area contributed by atoms with Gasteiger partial charge in [0.25, 0.3) is 0 Å². The molecule has 9 heteroatoms. The minimum absolute atomic E-state index is 0.103. The van der Waals surface area contributed by atoms with Gasteiger partial charge < -0.3 is 19.5 Å². The highest BCUT2D eigenvalue weighted by Crippen LogP contribution is 2.32. The van der Waals surface area contributed by atoms with E-state index in [-0.39, 0.29) is 17.3 Å². The lowest BCUT2D eigenvalue weighted by molar-refractivity contribution is -0.120. The maximum atomic E-state index is 13.2. The van der Waals surface area contributed by atoms with E-state index < -0.39 is 15.9 Å². The summed E-state index contributed by atoms with van der Waals surface area (Å²) in [6.45, 7) is 0.465. The first-order valence-corrected chi connectivity index (χ1v) is 11.0. The number of hydrogen-bond acceptors (Lipinski definition) is 6. The fraction of sp³-hybridized carbons (Fsp3) is 0.381. The van der Waals surface area contributed by atoms with Gasteiger partial charge in [0.2, 0.25) is 15.9 Å². The summed E-state index contributed by atoms with van der Waals surface area (Å²) in [5.41, 5.74) is 0.560. The fourth-order valence-electron chi connectivity index (χ4n) is 3.48. The SMILES string of the molecule is COc1ccccc1NC(=O)[C@@H]1CCCN(S(=O)(=O)c2ccc(OC)c(OC)c2)C1. The van der Waals surface area contributed by atoms with Crippen molar-refractivity contribution in [1.82, 2.24) is 4.31 Å². The second-order valence-electron chi connectivity index (χ2n) is 6.91. The zero-order valence-corrected chi connectivity index (χ0v) is 18.1. The van der Waals surface area contributed by atoms with Crippen LogP contribution in [0.2, 0.25) is 0 Å².